The highest BCUT2D eigenvalue weighted by Crippen LogP contribution is 2.31. The number of aromatic nitrogens is 2. The zero-order chi connectivity index (χ0) is 23.5. The number of anilines is 1. The highest BCUT2D eigenvalue weighted by Gasteiger charge is 2.35. The number of rotatable bonds is 8. The van der Waals surface area contributed by atoms with Gasteiger partial charge in [-0.2, -0.15) is 0 Å². The lowest BCUT2D eigenvalue weighted by atomic mass is 10.2. The molecule has 8 heteroatoms. The number of hydrogen-bond acceptors (Lipinski definition) is 4. The highest BCUT2D eigenvalue weighted by atomic mass is 35.5. The van der Waals surface area contributed by atoms with E-state index in [1.807, 2.05) is 54.7 Å². The summed E-state index contributed by atoms with van der Waals surface area (Å²) in [6.45, 7) is 1.13. The fourth-order valence-corrected chi connectivity index (χ4v) is 4.42. The van der Waals surface area contributed by atoms with E-state index in [4.69, 9.17) is 16.3 Å². The normalized spacial score (nSPS) is 17.5. The van der Waals surface area contributed by atoms with Crippen LogP contribution in [0.1, 0.15) is 25.7 Å². The summed E-state index contributed by atoms with van der Waals surface area (Å²) in [5.41, 5.74) is 2.44. The lowest BCUT2D eigenvalue weighted by molar-refractivity contribution is -0.137. The number of nitrogens with one attached hydrogen (secondary N) is 1. The Balaban J connectivity index is 1.38. The van der Waals surface area contributed by atoms with Crippen molar-refractivity contribution in [3.8, 4) is 16.9 Å². The van der Waals surface area contributed by atoms with Crippen LogP contribution in [0.15, 0.2) is 60.8 Å². The van der Waals surface area contributed by atoms with Crippen LogP contribution in [0.2, 0.25) is 5.02 Å². The molecular weight excluding hydrogens is 452 g/mol. The molecule has 0 unspecified atom stereocenters. The molecule has 1 atom stereocenters. The van der Waals surface area contributed by atoms with Crippen LogP contribution >= 0.6 is 11.6 Å². The zero-order valence-electron chi connectivity index (χ0n) is 18.8. The molecule has 2 fully saturated rings. The fraction of sp³-hybridized carbons (Fsp3) is 0.346. The predicted octanol–water partition coefficient (Wildman–Crippen LogP) is 4.55. The molecule has 2 aliphatic rings. The topological polar surface area (TPSA) is 76.5 Å². The lowest BCUT2D eigenvalue weighted by Crippen LogP contribution is -2.43. The van der Waals surface area contributed by atoms with Crippen molar-refractivity contribution >= 4 is 29.4 Å². The van der Waals surface area contributed by atoms with Gasteiger partial charge in [0, 0.05) is 41.5 Å². The molecule has 2 heterocycles. The summed E-state index contributed by atoms with van der Waals surface area (Å²) in [5, 5.41) is 3.51. The first-order chi connectivity index (χ1) is 16.6. The summed E-state index contributed by atoms with van der Waals surface area (Å²) in [7, 11) is 0. The van der Waals surface area contributed by atoms with Gasteiger partial charge in [-0.15, -0.1) is 0 Å². The summed E-state index contributed by atoms with van der Waals surface area (Å²) in [6, 6.07) is 17.1. The van der Waals surface area contributed by atoms with Gasteiger partial charge in [0.2, 0.25) is 17.8 Å². The van der Waals surface area contributed by atoms with E-state index in [1.54, 1.807) is 15.5 Å². The maximum absolute atomic E-state index is 13.1. The molecule has 0 radical (unpaired) electrons. The number of benzene rings is 2. The first-order valence-electron chi connectivity index (χ1n) is 11.7. The number of nitrogens with zero attached hydrogens (tertiary/aromatic N) is 3. The Hall–Kier alpha value is -3.16. The number of carbonyl (C=O) groups is 2. The molecule has 5 rings (SSSR count). The van der Waals surface area contributed by atoms with E-state index in [1.165, 1.54) is 0 Å². The van der Waals surface area contributed by atoms with Crippen LogP contribution in [0.4, 0.5) is 5.95 Å². The van der Waals surface area contributed by atoms with Crippen LogP contribution in [-0.4, -0.2) is 52.1 Å². The Bertz CT molecular complexity index is 1170. The molecule has 34 heavy (non-hydrogen) atoms. The molecule has 0 bridgehead atoms. The molecular formula is C26H27ClN4O3. The van der Waals surface area contributed by atoms with E-state index < -0.39 is 0 Å². The predicted molar refractivity (Wildman–Crippen MR) is 131 cm³/mol. The second kappa shape index (κ2) is 9.99. The molecule has 2 amide bonds. The lowest BCUT2D eigenvalue weighted by Gasteiger charge is -2.25. The number of hydrogen-bond donors (Lipinski definition) is 1. The van der Waals surface area contributed by atoms with Gasteiger partial charge in [0.1, 0.15) is 6.54 Å². The maximum atomic E-state index is 13.1. The Labute approximate surface area is 203 Å². The summed E-state index contributed by atoms with van der Waals surface area (Å²) >= 11 is 6.22. The van der Waals surface area contributed by atoms with E-state index in [0.29, 0.717) is 24.1 Å². The third-order valence-electron chi connectivity index (χ3n) is 6.13. The summed E-state index contributed by atoms with van der Waals surface area (Å²) in [4.78, 5) is 32.3. The highest BCUT2D eigenvalue weighted by molar-refractivity contribution is 6.30. The quantitative estimate of drug-likeness (QED) is 0.515. The van der Waals surface area contributed by atoms with Crippen molar-refractivity contribution in [1.29, 1.82) is 0 Å². The summed E-state index contributed by atoms with van der Waals surface area (Å²) in [5.74, 6) is 0.156. The number of carbonyl (C=O) groups excluding carboxylic acids is 2. The SMILES string of the molecule is O=C(CN(C[C@@H]1CCCO1)C(=O)C1CC1)Nc1nc(-c2ccccc2)cn1-c1cccc(Cl)c1. The Morgan fingerprint density at radius 3 is 2.65 bits per heavy atom. The average molecular weight is 479 g/mol. The number of ether oxygens (including phenoxy) is 1. The molecule has 3 aromatic rings. The minimum atomic E-state index is -0.291. The standard InChI is InChI=1S/C26H27ClN4O3/c27-20-8-4-9-21(14-20)31-16-23(18-6-2-1-3-7-18)28-26(31)29-24(32)17-30(25(33)19-11-12-19)15-22-10-5-13-34-22/h1-4,6-9,14,16,19,22H,5,10-13,15,17H2,(H,28,29,32)/t22-/m0/s1. The van der Waals surface area contributed by atoms with Crippen LogP contribution < -0.4 is 5.32 Å². The van der Waals surface area contributed by atoms with Crippen molar-refractivity contribution in [2.45, 2.75) is 31.8 Å². The van der Waals surface area contributed by atoms with Gasteiger partial charge in [0.05, 0.1) is 11.8 Å². The Morgan fingerprint density at radius 1 is 1.12 bits per heavy atom. The maximum Gasteiger partial charge on any atom is 0.246 e. The van der Waals surface area contributed by atoms with Gasteiger partial charge >= 0.3 is 0 Å². The van der Waals surface area contributed by atoms with E-state index in [0.717, 1.165) is 42.6 Å². The minimum Gasteiger partial charge on any atom is -0.376 e. The molecule has 1 aromatic heterocycles. The van der Waals surface area contributed by atoms with Crippen molar-refractivity contribution in [1.82, 2.24) is 14.5 Å². The van der Waals surface area contributed by atoms with E-state index in [2.05, 4.69) is 10.3 Å². The zero-order valence-corrected chi connectivity index (χ0v) is 19.6. The second-order valence-electron chi connectivity index (χ2n) is 8.84. The second-order valence-corrected chi connectivity index (χ2v) is 9.28. The smallest absolute Gasteiger partial charge is 0.246 e. The van der Waals surface area contributed by atoms with Gasteiger partial charge in [0.15, 0.2) is 0 Å². The number of amides is 2. The van der Waals surface area contributed by atoms with Gasteiger partial charge in [-0.05, 0) is 43.9 Å². The fourth-order valence-electron chi connectivity index (χ4n) is 4.23. The largest absolute Gasteiger partial charge is 0.376 e. The van der Waals surface area contributed by atoms with Gasteiger partial charge < -0.3 is 9.64 Å². The van der Waals surface area contributed by atoms with Crippen molar-refractivity contribution in [2.75, 3.05) is 25.0 Å². The molecule has 0 spiro atoms. The monoisotopic (exact) mass is 478 g/mol. The third-order valence-corrected chi connectivity index (χ3v) is 6.37. The van der Waals surface area contributed by atoms with Gasteiger partial charge in [-0.1, -0.05) is 48.0 Å². The van der Waals surface area contributed by atoms with E-state index in [9.17, 15) is 9.59 Å². The number of imidazole rings is 1. The van der Waals surface area contributed by atoms with Crippen molar-refractivity contribution in [2.24, 2.45) is 5.92 Å². The molecule has 2 aromatic carbocycles. The third kappa shape index (κ3) is 5.32. The van der Waals surface area contributed by atoms with Crippen molar-refractivity contribution < 1.29 is 14.3 Å². The van der Waals surface area contributed by atoms with Crippen LogP contribution in [0.3, 0.4) is 0 Å². The first kappa shape index (κ1) is 22.6. The van der Waals surface area contributed by atoms with Crippen LogP contribution in [0, 0.1) is 5.92 Å². The minimum absolute atomic E-state index is 0.00590. The average Bonchev–Trinajstić information content (AvgIpc) is 3.41. The van der Waals surface area contributed by atoms with Crippen molar-refractivity contribution in [3.05, 3.63) is 65.8 Å². The van der Waals surface area contributed by atoms with Crippen LogP contribution in [-0.2, 0) is 14.3 Å². The Morgan fingerprint density at radius 2 is 1.94 bits per heavy atom. The van der Waals surface area contributed by atoms with Gasteiger partial charge in [0.25, 0.3) is 0 Å². The Kier molecular flexibility index (Phi) is 6.65. The van der Waals surface area contributed by atoms with Gasteiger partial charge in [-0.25, -0.2) is 4.98 Å². The van der Waals surface area contributed by atoms with Crippen LogP contribution in [0.25, 0.3) is 16.9 Å². The molecule has 1 saturated heterocycles. The summed E-state index contributed by atoms with van der Waals surface area (Å²) < 4.78 is 7.52. The molecule has 1 aliphatic heterocycles. The van der Waals surface area contributed by atoms with Crippen molar-refractivity contribution in [3.63, 3.8) is 0 Å². The first-order valence-corrected chi connectivity index (χ1v) is 12.1. The molecule has 176 valence electrons. The summed E-state index contributed by atoms with van der Waals surface area (Å²) in [6.07, 6.45) is 5.55. The molecule has 1 N–H and O–H groups in total. The molecule has 1 saturated carbocycles. The molecule has 7 nitrogen and oxygen atoms in total. The van der Waals surface area contributed by atoms with Gasteiger partial charge in [-0.3, -0.25) is 19.5 Å². The van der Waals surface area contributed by atoms with Crippen LogP contribution in [0.5, 0.6) is 0 Å². The number of halogens is 1. The van der Waals surface area contributed by atoms with E-state index >= 15 is 0 Å². The van der Waals surface area contributed by atoms with E-state index in [-0.39, 0.29) is 30.4 Å². The molecule has 1 aliphatic carbocycles.